The monoisotopic (exact) mass is 274 g/mol. The van der Waals surface area contributed by atoms with Gasteiger partial charge in [0, 0.05) is 5.69 Å². The Hall–Kier alpha value is -2.56. The molecule has 0 saturated carbocycles. The quantitative estimate of drug-likeness (QED) is 0.729. The van der Waals surface area contributed by atoms with E-state index in [4.69, 9.17) is 0 Å². The minimum atomic E-state index is -0.539. The fourth-order valence-corrected chi connectivity index (χ4v) is 1.77. The van der Waals surface area contributed by atoms with Crippen LogP contribution in [0.3, 0.4) is 0 Å². The first-order chi connectivity index (χ1) is 9.47. The third-order valence-corrected chi connectivity index (χ3v) is 2.91. The van der Waals surface area contributed by atoms with E-state index in [1.165, 1.54) is 12.1 Å². The normalized spacial score (nSPS) is 10.2. The lowest BCUT2D eigenvalue weighted by Gasteiger charge is -2.12. The summed E-state index contributed by atoms with van der Waals surface area (Å²) in [6.45, 7) is 3.49. The highest BCUT2D eigenvalue weighted by molar-refractivity contribution is 6.00. The van der Waals surface area contributed by atoms with Crippen LogP contribution in [0, 0.1) is 19.7 Å². The zero-order valence-electron chi connectivity index (χ0n) is 11.2. The lowest BCUT2D eigenvalue weighted by molar-refractivity contribution is 0.262. The first-order valence-corrected chi connectivity index (χ1v) is 6.10. The zero-order valence-corrected chi connectivity index (χ0v) is 11.2. The third kappa shape index (κ3) is 3.06. The lowest BCUT2D eigenvalue weighted by Crippen LogP contribution is -2.20. The summed E-state index contributed by atoms with van der Waals surface area (Å²) in [6, 6.07) is 8.61. The van der Waals surface area contributed by atoms with Crippen molar-refractivity contribution in [3.05, 3.63) is 53.3 Å². The number of urea groups is 1. The summed E-state index contributed by atoms with van der Waals surface area (Å²) in [7, 11) is 0. The Labute approximate surface area is 116 Å². The Balaban J connectivity index is 2.13. The van der Waals surface area contributed by atoms with E-state index in [0.717, 1.165) is 5.56 Å². The number of nitrogens with one attached hydrogen (secondary N) is 2. The van der Waals surface area contributed by atoms with Crippen molar-refractivity contribution < 1.29 is 14.3 Å². The molecule has 0 aliphatic carbocycles. The SMILES string of the molecule is Cc1cc(NC(=O)Nc2ccccc2F)c(C)cc1O. The molecule has 104 valence electrons. The molecule has 5 heteroatoms. The highest BCUT2D eigenvalue weighted by atomic mass is 19.1. The van der Waals surface area contributed by atoms with Crippen molar-refractivity contribution in [1.29, 1.82) is 0 Å². The largest absolute Gasteiger partial charge is 0.508 e. The fourth-order valence-electron chi connectivity index (χ4n) is 1.77. The van der Waals surface area contributed by atoms with Crippen LogP contribution in [0.25, 0.3) is 0 Å². The van der Waals surface area contributed by atoms with Crippen LogP contribution in [0.2, 0.25) is 0 Å². The van der Waals surface area contributed by atoms with Crippen LogP contribution < -0.4 is 10.6 Å². The summed E-state index contributed by atoms with van der Waals surface area (Å²) >= 11 is 0. The van der Waals surface area contributed by atoms with Crippen LogP contribution in [-0.4, -0.2) is 11.1 Å². The Morgan fingerprint density at radius 2 is 1.70 bits per heavy atom. The molecular weight excluding hydrogens is 259 g/mol. The molecular formula is C15H15FN2O2. The number of hydrogen-bond donors (Lipinski definition) is 3. The number of para-hydroxylation sites is 1. The average Bonchev–Trinajstić information content (AvgIpc) is 2.39. The standard InChI is InChI=1S/C15H15FN2O2/c1-9-8-14(19)10(2)7-13(9)18-15(20)17-12-6-4-3-5-11(12)16/h3-8,19H,1-2H3,(H2,17,18,20). The molecule has 20 heavy (non-hydrogen) atoms. The number of phenolic OH excluding ortho intramolecular Hbond substituents is 1. The van der Waals surface area contributed by atoms with E-state index in [9.17, 15) is 14.3 Å². The molecule has 2 aromatic rings. The average molecular weight is 274 g/mol. The van der Waals surface area contributed by atoms with Gasteiger partial charge < -0.3 is 15.7 Å². The summed E-state index contributed by atoms with van der Waals surface area (Å²) < 4.78 is 13.4. The highest BCUT2D eigenvalue weighted by Gasteiger charge is 2.09. The molecule has 2 amide bonds. The number of carbonyl (C=O) groups excluding carboxylic acids is 1. The van der Waals surface area contributed by atoms with Gasteiger partial charge in [-0.15, -0.1) is 0 Å². The van der Waals surface area contributed by atoms with Crippen molar-refractivity contribution in [1.82, 2.24) is 0 Å². The first-order valence-electron chi connectivity index (χ1n) is 6.10. The number of phenols is 1. The van der Waals surface area contributed by atoms with Crippen molar-refractivity contribution in [3.8, 4) is 5.75 Å². The second kappa shape index (κ2) is 5.61. The van der Waals surface area contributed by atoms with Gasteiger partial charge in [-0.25, -0.2) is 9.18 Å². The number of rotatable bonds is 2. The van der Waals surface area contributed by atoms with Gasteiger partial charge in [-0.3, -0.25) is 0 Å². The van der Waals surface area contributed by atoms with Gasteiger partial charge in [0.2, 0.25) is 0 Å². The minimum absolute atomic E-state index is 0.109. The second-order valence-electron chi connectivity index (χ2n) is 4.51. The molecule has 0 heterocycles. The van der Waals surface area contributed by atoms with E-state index < -0.39 is 11.8 Å². The van der Waals surface area contributed by atoms with E-state index in [-0.39, 0.29) is 11.4 Å². The first kappa shape index (κ1) is 13.9. The van der Waals surface area contributed by atoms with Crippen molar-refractivity contribution in [3.63, 3.8) is 0 Å². The summed E-state index contributed by atoms with van der Waals surface area (Å²) in [6.07, 6.45) is 0. The molecule has 4 nitrogen and oxygen atoms in total. The molecule has 0 radical (unpaired) electrons. The predicted molar refractivity (Wildman–Crippen MR) is 76.6 cm³/mol. The van der Waals surface area contributed by atoms with Gasteiger partial charge in [0.15, 0.2) is 0 Å². The zero-order chi connectivity index (χ0) is 14.7. The molecule has 0 unspecified atom stereocenters. The summed E-state index contributed by atoms with van der Waals surface area (Å²) in [4.78, 5) is 11.8. The van der Waals surface area contributed by atoms with Crippen LogP contribution in [0.4, 0.5) is 20.6 Å². The smallest absolute Gasteiger partial charge is 0.323 e. The second-order valence-corrected chi connectivity index (χ2v) is 4.51. The molecule has 2 aromatic carbocycles. The predicted octanol–water partition coefficient (Wildman–Crippen LogP) is 3.79. The Morgan fingerprint density at radius 1 is 1.05 bits per heavy atom. The molecule has 0 bridgehead atoms. The lowest BCUT2D eigenvalue weighted by atomic mass is 10.1. The minimum Gasteiger partial charge on any atom is -0.508 e. The van der Waals surface area contributed by atoms with Crippen LogP contribution >= 0.6 is 0 Å². The van der Waals surface area contributed by atoms with Crippen molar-refractivity contribution in [2.75, 3.05) is 10.6 Å². The molecule has 0 fully saturated rings. The van der Waals surface area contributed by atoms with Gasteiger partial charge in [0.25, 0.3) is 0 Å². The third-order valence-electron chi connectivity index (χ3n) is 2.91. The maximum absolute atomic E-state index is 13.4. The number of aryl methyl sites for hydroxylation is 2. The molecule has 0 aliphatic rings. The maximum Gasteiger partial charge on any atom is 0.323 e. The summed E-state index contributed by atoms with van der Waals surface area (Å²) in [5.74, 6) is -0.330. The van der Waals surface area contributed by atoms with Gasteiger partial charge in [-0.05, 0) is 49.2 Å². The Kier molecular flexibility index (Phi) is 3.89. The molecule has 0 atom stereocenters. The van der Waals surface area contributed by atoms with Crippen LogP contribution in [0.5, 0.6) is 5.75 Å². The number of hydrogen-bond acceptors (Lipinski definition) is 2. The molecule has 3 N–H and O–H groups in total. The number of anilines is 2. The van der Waals surface area contributed by atoms with Crippen molar-refractivity contribution in [2.45, 2.75) is 13.8 Å². The number of carbonyl (C=O) groups is 1. The number of aromatic hydroxyl groups is 1. The molecule has 0 aromatic heterocycles. The van der Waals surface area contributed by atoms with E-state index >= 15 is 0 Å². The molecule has 2 rings (SSSR count). The van der Waals surface area contributed by atoms with Crippen LogP contribution in [0.15, 0.2) is 36.4 Å². The summed E-state index contributed by atoms with van der Waals surface area (Å²) in [5, 5.41) is 14.6. The molecule has 0 spiro atoms. The molecule has 0 aliphatic heterocycles. The number of benzene rings is 2. The van der Waals surface area contributed by atoms with Crippen molar-refractivity contribution in [2.24, 2.45) is 0 Å². The Morgan fingerprint density at radius 3 is 2.40 bits per heavy atom. The molecule has 0 saturated heterocycles. The Bertz CT molecular complexity index is 656. The van der Waals surface area contributed by atoms with E-state index in [0.29, 0.717) is 11.3 Å². The van der Waals surface area contributed by atoms with Gasteiger partial charge in [-0.2, -0.15) is 0 Å². The van der Waals surface area contributed by atoms with Crippen LogP contribution in [-0.2, 0) is 0 Å². The number of halogens is 1. The highest BCUT2D eigenvalue weighted by Crippen LogP contribution is 2.25. The van der Waals surface area contributed by atoms with Gasteiger partial charge in [-0.1, -0.05) is 12.1 Å². The number of amides is 2. The fraction of sp³-hybridized carbons (Fsp3) is 0.133. The van der Waals surface area contributed by atoms with Crippen molar-refractivity contribution >= 4 is 17.4 Å². The van der Waals surface area contributed by atoms with Gasteiger partial charge >= 0.3 is 6.03 Å². The van der Waals surface area contributed by atoms with E-state index in [1.54, 1.807) is 38.1 Å². The van der Waals surface area contributed by atoms with Crippen LogP contribution in [0.1, 0.15) is 11.1 Å². The van der Waals surface area contributed by atoms with E-state index in [2.05, 4.69) is 10.6 Å². The topological polar surface area (TPSA) is 61.4 Å². The maximum atomic E-state index is 13.4. The van der Waals surface area contributed by atoms with E-state index in [1.807, 2.05) is 0 Å². The van der Waals surface area contributed by atoms with Gasteiger partial charge in [0.05, 0.1) is 5.69 Å². The summed E-state index contributed by atoms with van der Waals surface area (Å²) in [5.41, 5.74) is 2.04. The van der Waals surface area contributed by atoms with Gasteiger partial charge in [0.1, 0.15) is 11.6 Å².